The maximum atomic E-state index is 13.2. The summed E-state index contributed by atoms with van der Waals surface area (Å²) in [7, 11) is 0. The molecule has 3 rings (SSSR count). The Kier molecular flexibility index (Phi) is 8.28. The van der Waals surface area contributed by atoms with Gasteiger partial charge in [-0.15, -0.1) is 12.4 Å². The van der Waals surface area contributed by atoms with Gasteiger partial charge in [-0.2, -0.15) is 0 Å². The van der Waals surface area contributed by atoms with Gasteiger partial charge in [-0.05, 0) is 50.8 Å². The Labute approximate surface area is 173 Å². The van der Waals surface area contributed by atoms with Crippen molar-refractivity contribution in [1.29, 1.82) is 0 Å². The van der Waals surface area contributed by atoms with Crippen LogP contribution in [-0.2, 0) is 16.0 Å². The lowest BCUT2D eigenvalue weighted by Gasteiger charge is -2.41. The maximum Gasteiger partial charge on any atom is 0.317 e. The van der Waals surface area contributed by atoms with E-state index < -0.39 is 5.97 Å². The van der Waals surface area contributed by atoms with Crippen molar-refractivity contribution in [3.05, 3.63) is 29.8 Å². The van der Waals surface area contributed by atoms with Crippen LogP contribution >= 0.6 is 12.4 Å². The number of piperidine rings is 1. The number of hydrogen-bond donors (Lipinski definition) is 1. The Bertz CT molecular complexity index is 677. The van der Waals surface area contributed by atoms with Crippen molar-refractivity contribution in [2.75, 3.05) is 37.6 Å². The number of rotatable bonds is 6. The molecule has 1 amide bonds. The number of benzene rings is 1. The van der Waals surface area contributed by atoms with E-state index in [2.05, 4.69) is 17.0 Å². The predicted molar refractivity (Wildman–Crippen MR) is 113 cm³/mol. The predicted octanol–water partition coefficient (Wildman–Crippen LogP) is 2.65. The van der Waals surface area contributed by atoms with Crippen LogP contribution in [0.3, 0.4) is 0 Å². The molecule has 0 aromatic heterocycles. The molecule has 28 heavy (non-hydrogen) atoms. The Morgan fingerprint density at radius 2 is 1.89 bits per heavy atom. The highest BCUT2D eigenvalue weighted by molar-refractivity contribution is 5.98. The third-order valence-electron chi connectivity index (χ3n) is 6.04. The molecule has 7 heteroatoms. The lowest BCUT2D eigenvalue weighted by molar-refractivity contribution is -0.139. The molecule has 2 aliphatic rings. The number of fused-ring (bicyclic) bond motifs is 1. The third-order valence-corrected chi connectivity index (χ3v) is 6.04. The van der Waals surface area contributed by atoms with Gasteiger partial charge in [0.15, 0.2) is 0 Å². The van der Waals surface area contributed by atoms with E-state index in [0.29, 0.717) is 6.04 Å². The van der Waals surface area contributed by atoms with Gasteiger partial charge in [0.05, 0.1) is 12.6 Å². The summed E-state index contributed by atoms with van der Waals surface area (Å²) in [5.74, 6) is -0.593. The smallest absolute Gasteiger partial charge is 0.317 e. The summed E-state index contributed by atoms with van der Waals surface area (Å²) >= 11 is 0. The van der Waals surface area contributed by atoms with Gasteiger partial charge in [-0.25, -0.2) is 0 Å². The van der Waals surface area contributed by atoms with Crippen molar-refractivity contribution in [2.24, 2.45) is 0 Å². The number of anilines is 1. The minimum absolute atomic E-state index is 0. The number of hydrogen-bond acceptors (Lipinski definition) is 4. The number of amides is 1. The number of carbonyl (C=O) groups excluding carboxylic acids is 1. The summed E-state index contributed by atoms with van der Waals surface area (Å²) in [5, 5.41) is 9.08. The number of aliphatic carboxylic acids is 1. The molecule has 2 aliphatic heterocycles. The summed E-state index contributed by atoms with van der Waals surface area (Å²) in [5.41, 5.74) is 2.32. The van der Waals surface area contributed by atoms with Crippen molar-refractivity contribution < 1.29 is 14.7 Å². The van der Waals surface area contributed by atoms with E-state index in [1.54, 1.807) is 0 Å². The molecule has 1 aromatic rings. The topological polar surface area (TPSA) is 64.1 Å². The molecule has 0 aliphatic carbocycles. The molecule has 1 fully saturated rings. The van der Waals surface area contributed by atoms with E-state index >= 15 is 0 Å². The number of likely N-dealkylation sites (tertiary alicyclic amines) is 1. The molecular weight excluding hydrogens is 378 g/mol. The molecule has 0 radical (unpaired) electrons. The van der Waals surface area contributed by atoms with Crippen LogP contribution in [0.4, 0.5) is 5.69 Å². The average Bonchev–Trinajstić information content (AvgIpc) is 2.70. The van der Waals surface area contributed by atoms with E-state index in [1.807, 2.05) is 35.8 Å². The quantitative estimate of drug-likeness (QED) is 0.782. The third kappa shape index (κ3) is 5.04. The normalized spacial score (nSPS) is 19.0. The SMILES string of the molecule is CCN(CC(=O)O)C1CCN(C(C)C(=O)N2CCCc3ccccc32)CC1.Cl. The maximum absolute atomic E-state index is 13.2. The van der Waals surface area contributed by atoms with Gasteiger partial charge in [0.2, 0.25) is 5.91 Å². The van der Waals surface area contributed by atoms with Gasteiger partial charge in [-0.3, -0.25) is 19.4 Å². The molecule has 1 saturated heterocycles. The number of carboxylic acids is 1. The minimum atomic E-state index is -0.772. The number of likely N-dealkylation sites (N-methyl/N-ethyl adjacent to an activating group) is 1. The first-order chi connectivity index (χ1) is 13.0. The monoisotopic (exact) mass is 409 g/mol. The number of carboxylic acid groups (broad SMARTS) is 1. The van der Waals surface area contributed by atoms with Crippen molar-refractivity contribution in [3.63, 3.8) is 0 Å². The highest BCUT2D eigenvalue weighted by atomic mass is 35.5. The molecule has 2 heterocycles. The lowest BCUT2D eigenvalue weighted by Crippen LogP contribution is -2.53. The van der Waals surface area contributed by atoms with Gasteiger partial charge in [0.25, 0.3) is 0 Å². The Morgan fingerprint density at radius 3 is 2.54 bits per heavy atom. The van der Waals surface area contributed by atoms with Crippen LogP contribution < -0.4 is 4.90 Å². The molecule has 156 valence electrons. The first kappa shape index (κ1) is 22.7. The van der Waals surface area contributed by atoms with Gasteiger partial charge in [-0.1, -0.05) is 25.1 Å². The first-order valence-electron chi connectivity index (χ1n) is 10.1. The number of carbonyl (C=O) groups is 2. The van der Waals surface area contributed by atoms with Gasteiger partial charge >= 0.3 is 5.97 Å². The van der Waals surface area contributed by atoms with Gasteiger partial charge in [0, 0.05) is 31.4 Å². The second-order valence-electron chi connectivity index (χ2n) is 7.62. The molecule has 1 atom stereocenters. The fraction of sp³-hybridized carbons (Fsp3) is 0.619. The molecule has 1 aromatic carbocycles. The van der Waals surface area contributed by atoms with Crippen LogP contribution in [0.2, 0.25) is 0 Å². The van der Waals surface area contributed by atoms with Crippen LogP contribution in [0.15, 0.2) is 24.3 Å². The van der Waals surface area contributed by atoms with Crippen molar-refractivity contribution in [3.8, 4) is 0 Å². The number of para-hydroxylation sites is 1. The zero-order valence-corrected chi connectivity index (χ0v) is 17.7. The summed E-state index contributed by atoms with van der Waals surface area (Å²) in [6.45, 7) is 7.32. The van der Waals surface area contributed by atoms with E-state index in [1.165, 1.54) is 5.56 Å². The fourth-order valence-corrected chi connectivity index (χ4v) is 4.46. The highest BCUT2D eigenvalue weighted by Gasteiger charge is 2.33. The first-order valence-corrected chi connectivity index (χ1v) is 10.1. The molecule has 0 saturated carbocycles. The van der Waals surface area contributed by atoms with E-state index in [0.717, 1.165) is 57.5 Å². The molecule has 6 nitrogen and oxygen atoms in total. The molecule has 1 unspecified atom stereocenters. The zero-order chi connectivity index (χ0) is 19.4. The fourth-order valence-electron chi connectivity index (χ4n) is 4.46. The Balaban J connectivity index is 0.00000280. The second-order valence-corrected chi connectivity index (χ2v) is 7.62. The molecular formula is C21H32ClN3O3. The van der Waals surface area contributed by atoms with Crippen molar-refractivity contribution in [2.45, 2.75) is 51.6 Å². The highest BCUT2D eigenvalue weighted by Crippen LogP contribution is 2.28. The van der Waals surface area contributed by atoms with E-state index in [9.17, 15) is 9.59 Å². The minimum Gasteiger partial charge on any atom is -0.480 e. The summed E-state index contributed by atoms with van der Waals surface area (Å²) < 4.78 is 0. The van der Waals surface area contributed by atoms with Crippen LogP contribution in [0.25, 0.3) is 0 Å². The lowest BCUT2D eigenvalue weighted by atomic mass is 9.99. The average molecular weight is 410 g/mol. The Hall–Kier alpha value is -1.63. The summed E-state index contributed by atoms with van der Waals surface area (Å²) in [4.78, 5) is 30.5. The van der Waals surface area contributed by atoms with Crippen molar-refractivity contribution in [1.82, 2.24) is 9.80 Å². The number of halogens is 1. The zero-order valence-electron chi connectivity index (χ0n) is 16.8. The van der Waals surface area contributed by atoms with Crippen LogP contribution in [-0.4, -0.2) is 71.6 Å². The summed E-state index contributed by atoms with van der Waals surface area (Å²) in [6.07, 6.45) is 3.87. The van der Waals surface area contributed by atoms with E-state index in [-0.39, 0.29) is 30.9 Å². The van der Waals surface area contributed by atoms with Crippen LogP contribution in [0.1, 0.15) is 38.7 Å². The molecule has 0 spiro atoms. The molecule has 1 N–H and O–H groups in total. The largest absolute Gasteiger partial charge is 0.480 e. The van der Waals surface area contributed by atoms with Crippen LogP contribution in [0.5, 0.6) is 0 Å². The van der Waals surface area contributed by atoms with E-state index in [4.69, 9.17) is 5.11 Å². The van der Waals surface area contributed by atoms with Crippen LogP contribution in [0, 0.1) is 0 Å². The molecule has 0 bridgehead atoms. The van der Waals surface area contributed by atoms with Crippen molar-refractivity contribution >= 4 is 30.0 Å². The van der Waals surface area contributed by atoms with Gasteiger partial charge in [0.1, 0.15) is 0 Å². The van der Waals surface area contributed by atoms with Gasteiger partial charge < -0.3 is 10.0 Å². The Morgan fingerprint density at radius 1 is 1.21 bits per heavy atom. The standard InChI is InChI=1S/C21H31N3O3.ClH/c1-3-22(15-20(25)26)18-10-13-23(14-11-18)16(2)21(27)24-12-6-8-17-7-4-5-9-19(17)24;/h4-5,7,9,16,18H,3,6,8,10-15H2,1-2H3,(H,25,26);1H. The second kappa shape index (κ2) is 10.2. The number of aryl methyl sites for hydroxylation is 1. The summed E-state index contributed by atoms with van der Waals surface area (Å²) in [6, 6.07) is 8.36. The number of nitrogens with zero attached hydrogens (tertiary/aromatic N) is 3.